The maximum Gasteiger partial charge on any atom is 0.309 e. The fraction of sp³-hybridized carbons (Fsp3) is 0.909. The van der Waals surface area contributed by atoms with Crippen molar-refractivity contribution in [3.05, 3.63) is 0 Å². The predicted molar refractivity (Wildman–Crippen MR) is 65.5 cm³/mol. The van der Waals surface area contributed by atoms with Crippen LogP contribution in [0, 0.1) is 5.92 Å². The summed E-state index contributed by atoms with van der Waals surface area (Å²) in [5.74, 6) is -0.260. The molecule has 1 saturated heterocycles. The average Bonchev–Trinajstić information content (AvgIpc) is 2.63. The molecule has 0 aliphatic carbocycles. The third kappa shape index (κ3) is 3.67. The fourth-order valence-corrected chi connectivity index (χ4v) is 3.75. The van der Waals surface area contributed by atoms with E-state index in [4.69, 9.17) is 0 Å². The van der Waals surface area contributed by atoms with Gasteiger partial charge < -0.3 is 10.1 Å². The van der Waals surface area contributed by atoms with E-state index in [0.29, 0.717) is 18.7 Å². The zero-order valence-corrected chi connectivity index (χ0v) is 11.4. The van der Waals surface area contributed by atoms with Gasteiger partial charge in [-0.05, 0) is 19.8 Å². The van der Waals surface area contributed by atoms with E-state index in [9.17, 15) is 13.2 Å². The number of rotatable bonds is 5. The van der Waals surface area contributed by atoms with Gasteiger partial charge >= 0.3 is 5.97 Å². The van der Waals surface area contributed by atoms with E-state index in [0.717, 1.165) is 6.42 Å². The number of hydrogen-bond acceptors (Lipinski definition) is 5. The number of ether oxygens (including phenoxy) is 1. The number of hydrogen-bond donors (Lipinski definition) is 1. The van der Waals surface area contributed by atoms with Gasteiger partial charge in [0.2, 0.25) is 0 Å². The molecule has 0 aromatic heterocycles. The number of carbonyl (C=O) groups excluding carboxylic acids is 1. The molecular formula is C11H21NO4S. The zero-order chi connectivity index (χ0) is 13.1. The number of nitrogens with one attached hydrogen (secondary N) is 1. The highest BCUT2D eigenvalue weighted by atomic mass is 32.2. The second-order valence-corrected chi connectivity index (χ2v) is 7.04. The SMILES string of the molecule is COC(=O)C(C)C(C)NCC1CCCS1(=O)=O. The monoisotopic (exact) mass is 263 g/mol. The number of esters is 1. The van der Waals surface area contributed by atoms with Gasteiger partial charge in [-0.1, -0.05) is 6.92 Å². The molecule has 0 aromatic rings. The van der Waals surface area contributed by atoms with Gasteiger partial charge in [-0.15, -0.1) is 0 Å². The zero-order valence-electron chi connectivity index (χ0n) is 10.6. The maximum atomic E-state index is 11.6. The second kappa shape index (κ2) is 5.82. The van der Waals surface area contributed by atoms with E-state index in [-0.39, 0.29) is 23.2 Å². The fourth-order valence-electron chi connectivity index (χ4n) is 1.97. The summed E-state index contributed by atoms with van der Waals surface area (Å²) in [6.45, 7) is 4.06. The summed E-state index contributed by atoms with van der Waals surface area (Å²) in [5.41, 5.74) is 0. The molecule has 1 aliphatic rings. The molecule has 0 saturated carbocycles. The Labute approximate surface area is 103 Å². The molecule has 1 aliphatic heterocycles. The molecule has 0 amide bonds. The van der Waals surface area contributed by atoms with Crippen molar-refractivity contribution in [2.75, 3.05) is 19.4 Å². The first kappa shape index (κ1) is 14.4. The van der Waals surface area contributed by atoms with Crippen LogP contribution in [0.5, 0.6) is 0 Å². The lowest BCUT2D eigenvalue weighted by Gasteiger charge is -2.21. The molecule has 0 aromatic carbocycles. The van der Waals surface area contributed by atoms with E-state index < -0.39 is 9.84 Å². The van der Waals surface area contributed by atoms with Crippen LogP contribution in [0.4, 0.5) is 0 Å². The molecule has 1 fully saturated rings. The summed E-state index contributed by atoms with van der Waals surface area (Å²) < 4.78 is 27.9. The quantitative estimate of drug-likeness (QED) is 0.725. The van der Waals surface area contributed by atoms with E-state index >= 15 is 0 Å². The van der Waals surface area contributed by atoms with Crippen molar-refractivity contribution in [2.45, 2.75) is 38.0 Å². The Morgan fingerprint density at radius 3 is 2.59 bits per heavy atom. The number of sulfone groups is 1. The minimum absolute atomic E-state index is 0.0850. The molecule has 0 bridgehead atoms. The molecule has 1 rings (SSSR count). The first-order valence-corrected chi connectivity index (χ1v) is 7.63. The van der Waals surface area contributed by atoms with Crippen LogP contribution in [0.2, 0.25) is 0 Å². The van der Waals surface area contributed by atoms with Gasteiger partial charge in [-0.2, -0.15) is 0 Å². The van der Waals surface area contributed by atoms with Crippen LogP contribution in [-0.4, -0.2) is 45.1 Å². The predicted octanol–water partition coefficient (Wildman–Crippen LogP) is 0.351. The molecule has 3 unspecified atom stereocenters. The number of carbonyl (C=O) groups is 1. The Kier molecular flexibility index (Phi) is 4.94. The maximum absolute atomic E-state index is 11.6. The number of methoxy groups -OCH3 is 1. The lowest BCUT2D eigenvalue weighted by atomic mass is 10.0. The van der Waals surface area contributed by atoms with E-state index in [1.165, 1.54) is 7.11 Å². The van der Waals surface area contributed by atoms with Crippen LogP contribution in [0.15, 0.2) is 0 Å². The van der Waals surface area contributed by atoms with E-state index in [1.54, 1.807) is 6.92 Å². The summed E-state index contributed by atoms with van der Waals surface area (Å²) in [6.07, 6.45) is 1.46. The third-order valence-corrected chi connectivity index (χ3v) is 5.73. The van der Waals surface area contributed by atoms with Crippen LogP contribution >= 0.6 is 0 Å². The molecule has 1 heterocycles. The third-order valence-electron chi connectivity index (χ3n) is 3.45. The minimum Gasteiger partial charge on any atom is -0.469 e. The average molecular weight is 263 g/mol. The highest BCUT2D eigenvalue weighted by molar-refractivity contribution is 7.92. The molecular weight excluding hydrogens is 242 g/mol. The van der Waals surface area contributed by atoms with Gasteiger partial charge in [0.1, 0.15) is 0 Å². The molecule has 3 atom stereocenters. The summed E-state index contributed by atoms with van der Waals surface area (Å²) in [4.78, 5) is 11.3. The summed E-state index contributed by atoms with van der Waals surface area (Å²) in [7, 11) is -1.56. The van der Waals surface area contributed by atoms with Crippen molar-refractivity contribution in [1.82, 2.24) is 5.32 Å². The van der Waals surface area contributed by atoms with Crippen molar-refractivity contribution in [2.24, 2.45) is 5.92 Å². The smallest absolute Gasteiger partial charge is 0.309 e. The normalized spacial score (nSPS) is 26.4. The standard InChI is InChI=1S/C11H21NO4S/c1-8(11(13)16-3)9(2)12-7-10-5-4-6-17(10,14)15/h8-10,12H,4-7H2,1-3H3. The largest absolute Gasteiger partial charge is 0.469 e. The summed E-state index contributed by atoms with van der Waals surface area (Å²) >= 11 is 0. The molecule has 0 spiro atoms. The second-order valence-electron chi connectivity index (χ2n) is 4.64. The van der Waals surface area contributed by atoms with Crippen molar-refractivity contribution in [3.63, 3.8) is 0 Å². The van der Waals surface area contributed by atoms with Crippen LogP contribution in [0.3, 0.4) is 0 Å². The molecule has 1 N–H and O–H groups in total. The van der Waals surface area contributed by atoms with Crippen LogP contribution < -0.4 is 5.32 Å². The van der Waals surface area contributed by atoms with Crippen LogP contribution in [0.25, 0.3) is 0 Å². The Hall–Kier alpha value is -0.620. The van der Waals surface area contributed by atoms with E-state index in [2.05, 4.69) is 10.1 Å². The first-order valence-electron chi connectivity index (χ1n) is 5.91. The van der Waals surface area contributed by atoms with Crippen molar-refractivity contribution in [1.29, 1.82) is 0 Å². The molecule has 5 nitrogen and oxygen atoms in total. The van der Waals surface area contributed by atoms with Crippen LogP contribution in [0.1, 0.15) is 26.7 Å². The Morgan fingerprint density at radius 2 is 2.12 bits per heavy atom. The van der Waals surface area contributed by atoms with Gasteiger partial charge in [0, 0.05) is 12.6 Å². The highest BCUT2D eigenvalue weighted by Crippen LogP contribution is 2.19. The molecule has 0 radical (unpaired) electrons. The van der Waals surface area contributed by atoms with Crippen molar-refractivity contribution in [3.8, 4) is 0 Å². The Balaban J connectivity index is 2.43. The summed E-state index contributed by atoms with van der Waals surface area (Å²) in [5, 5.41) is 2.82. The Morgan fingerprint density at radius 1 is 1.47 bits per heavy atom. The van der Waals surface area contributed by atoms with Gasteiger partial charge in [-0.3, -0.25) is 4.79 Å². The van der Waals surface area contributed by atoms with Crippen LogP contribution in [-0.2, 0) is 19.4 Å². The highest BCUT2D eigenvalue weighted by Gasteiger charge is 2.32. The van der Waals surface area contributed by atoms with Gasteiger partial charge in [0.15, 0.2) is 9.84 Å². The van der Waals surface area contributed by atoms with Crippen molar-refractivity contribution >= 4 is 15.8 Å². The lowest BCUT2D eigenvalue weighted by molar-refractivity contribution is -0.145. The van der Waals surface area contributed by atoms with Gasteiger partial charge in [0.05, 0.1) is 24.0 Å². The van der Waals surface area contributed by atoms with Crippen molar-refractivity contribution < 1.29 is 17.9 Å². The topological polar surface area (TPSA) is 72.5 Å². The minimum atomic E-state index is -2.91. The molecule has 17 heavy (non-hydrogen) atoms. The molecule has 6 heteroatoms. The van der Waals surface area contributed by atoms with Gasteiger partial charge in [-0.25, -0.2) is 8.42 Å². The first-order chi connectivity index (χ1) is 7.88. The van der Waals surface area contributed by atoms with E-state index in [1.807, 2.05) is 6.92 Å². The summed E-state index contributed by atoms with van der Waals surface area (Å²) in [6, 6.07) is -0.0850. The van der Waals surface area contributed by atoms with Gasteiger partial charge in [0.25, 0.3) is 0 Å². The lowest BCUT2D eigenvalue weighted by Crippen LogP contribution is -2.41. The molecule has 100 valence electrons. The Bertz CT molecular complexity index is 366.